The van der Waals surface area contributed by atoms with Gasteiger partial charge in [-0.3, -0.25) is 0 Å². The third-order valence-electron chi connectivity index (χ3n) is 4.80. The molecule has 1 N–H and O–H groups in total. The fourth-order valence-electron chi connectivity index (χ4n) is 3.47. The molecular formula is C20H26O3S. The van der Waals surface area contributed by atoms with E-state index in [2.05, 4.69) is 19.1 Å². The maximum absolute atomic E-state index is 11.5. The van der Waals surface area contributed by atoms with Crippen LogP contribution in [0.15, 0.2) is 18.2 Å². The van der Waals surface area contributed by atoms with Crippen molar-refractivity contribution in [1.29, 1.82) is 0 Å². The summed E-state index contributed by atoms with van der Waals surface area (Å²) in [5.41, 5.74) is 1.46. The normalized spacial score (nSPS) is 15.2. The number of aliphatic carboxylic acids is 1. The Morgan fingerprint density at radius 2 is 2.08 bits per heavy atom. The van der Waals surface area contributed by atoms with Gasteiger partial charge in [-0.1, -0.05) is 26.2 Å². The molecule has 3 nitrogen and oxygen atoms in total. The summed E-state index contributed by atoms with van der Waals surface area (Å²) >= 11 is 1.88. The first-order valence-corrected chi connectivity index (χ1v) is 9.94. The van der Waals surface area contributed by atoms with Crippen molar-refractivity contribution < 1.29 is 14.6 Å². The van der Waals surface area contributed by atoms with E-state index >= 15 is 0 Å². The molecule has 130 valence electrons. The van der Waals surface area contributed by atoms with E-state index in [0.29, 0.717) is 12.2 Å². The highest BCUT2D eigenvalue weighted by Gasteiger charge is 2.20. The summed E-state index contributed by atoms with van der Waals surface area (Å²) in [6.45, 7) is 2.15. The van der Waals surface area contributed by atoms with E-state index in [-0.39, 0.29) is 0 Å². The summed E-state index contributed by atoms with van der Waals surface area (Å²) in [7, 11) is 0. The minimum atomic E-state index is -0.862. The first-order valence-electron chi connectivity index (χ1n) is 9.12. The number of rotatable bonds is 8. The molecule has 0 amide bonds. The van der Waals surface area contributed by atoms with Crippen molar-refractivity contribution in [3.05, 3.63) is 28.6 Å². The minimum Gasteiger partial charge on any atom is -0.479 e. The Bertz CT molecular complexity index is 704. The predicted octanol–water partition coefficient (Wildman–Crippen LogP) is 5.58. The monoisotopic (exact) mass is 346 g/mol. The average Bonchev–Trinajstić information content (AvgIpc) is 2.95. The van der Waals surface area contributed by atoms with Gasteiger partial charge in [0.05, 0.1) is 0 Å². The quantitative estimate of drug-likeness (QED) is 0.634. The fraction of sp³-hybridized carbons (Fsp3) is 0.550. The molecule has 0 bridgehead atoms. The van der Waals surface area contributed by atoms with Gasteiger partial charge in [0.1, 0.15) is 5.75 Å². The number of hydrogen-bond donors (Lipinski definition) is 1. The van der Waals surface area contributed by atoms with Crippen LogP contribution in [0.1, 0.15) is 62.3 Å². The molecular weight excluding hydrogens is 320 g/mol. The SMILES string of the molecule is CCCCCCC(Oc1ccc2sc3c(c2c1)CCCC3)C(=O)O. The zero-order valence-corrected chi connectivity index (χ0v) is 15.2. The Morgan fingerprint density at radius 3 is 2.88 bits per heavy atom. The number of benzene rings is 1. The molecule has 1 unspecified atom stereocenters. The lowest BCUT2D eigenvalue weighted by Crippen LogP contribution is -2.26. The molecule has 1 aromatic carbocycles. The molecule has 1 atom stereocenters. The van der Waals surface area contributed by atoms with Gasteiger partial charge in [-0.25, -0.2) is 4.79 Å². The number of hydrogen-bond acceptors (Lipinski definition) is 3. The highest BCUT2D eigenvalue weighted by Crippen LogP contribution is 2.38. The van der Waals surface area contributed by atoms with Gasteiger partial charge < -0.3 is 9.84 Å². The van der Waals surface area contributed by atoms with E-state index in [1.165, 1.54) is 39.8 Å². The van der Waals surface area contributed by atoms with Gasteiger partial charge in [-0.05, 0) is 67.7 Å². The van der Waals surface area contributed by atoms with Crippen LogP contribution in [-0.2, 0) is 17.6 Å². The molecule has 0 spiro atoms. The van der Waals surface area contributed by atoms with Gasteiger partial charge in [-0.2, -0.15) is 0 Å². The summed E-state index contributed by atoms with van der Waals surface area (Å²) in [6.07, 6.45) is 8.96. The van der Waals surface area contributed by atoms with Crippen LogP contribution >= 0.6 is 11.3 Å². The van der Waals surface area contributed by atoms with Crippen LogP contribution in [0.2, 0.25) is 0 Å². The van der Waals surface area contributed by atoms with Gasteiger partial charge in [0.25, 0.3) is 0 Å². The summed E-state index contributed by atoms with van der Waals surface area (Å²) in [6, 6.07) is 6.06. The lowest BCUT2D eigenvalue weighted by molar-refractivity contribution is -0.145. The Labute approximate surface area is 147 Å². The van der Waals surface area contributed by atoms with Crippen LogP contribution < -0.4 is 4.74 Å². The van der Waals surface area contributed by atoms with Crippen molar-refractivity contribution in [3.8, 4) is 5.75 Å². The van der Waals surface area contributed by atoms with E-state index in [9.17, 15) is 9.90 Å². The molecule has 0 aliphatic heterocycles. The first-order chi connectivity index (χ1) is 11.7. The number of unbranched alkanes of at least 4 members (excludes halogenated alkanes) is 3. The highest BCUT2D eigenvalue weighted by molar-refractivity contribution is 7.19. The number of fused-ring (bicyclic) bond motifs is 3. The summed E-state index contributed by atoms with van der Waals surface area (Å²) < 4.78 is 7.13. The second-order valence-corrected chi connectivity index (χ2v) is 7.80. The average molecular weight is 346 g/mol. The predicted molar refractivity (Wildman–Crippen MR) is 99.3 cm³/mol. The molecule has 4 heteroatoms. The minimum absolute atomic E-state index is 0.578. The zero-order valence-electron chi connectivity index (χ0n) is 14.3. The molecule has 0 fully saturated rings. The van der Waals surface area contributed by atoms with E-state index in [1.54, 1.807) is 0 Å². The molecule has 2 aromatic rings. The van der Waals surface area contributed by atoms with Gasteiger partial charge >= 0.3 is 5.97 Å². The van der Waals surface area contributed by atoms with Crippen LogP contribution in [0, 0.1) is 0 Å². The lowest BCUT2D eigenvalue weighted by Gasteiger charge is -2.15. The van der Waals surface area contributed by atoms with Crippen molar-refractivity contribution in [2.75, 3.05) is 0 Å². The van der Waals surface area contributed by atoms with Gasteiger partial charge in [-0.15, -0.1) is 11.3 Å². The number of carboxylic acids is 1. The van der Waals surface area contributed by atoms with Crippen molar-refractivity contribution in [2.45, 2.75) is 70.8 Å². The van der Waals surface area contributed by atoms with Crippen LogP contribution in [0.5, 0.6) is 5.75 Å². The maximum atomic E-state index is 11.5. The summed E-state index contributed by atoms with van der Waals surface area (Å²) in [5, 5.41) is 10.7. The van der Waals surface area contributed by atoms with E-state index < -0.39 is 12.1 Å². The van der Waals surface area contributed by atoms with Crippen molar-refractivity contribution in [1.82, 2.24) is 0 Å². The maximum Gasteiger partial charge on any atom is 0.344 e. The molecule has 3 rings (SSSR count). The van der Waals surface area contributed by atoms with Crippen LogP contribution in [-0.4, -0.2) is 17.2 Å². The first kappa shape index (κ1) is 17.3. The number of thiophene rings is 1. The Balaban J connectivity index is 1.74. The number of carboxylic acid groups (broad SMARTS) is 1. The Hall–Kier alpha value is -1.55. The standard InChI is InChI=1S/C20H26O3S/c1-2-3-4-5-9-17(20(21)22)23-14-11-12-19-16(13-14)15-8-6-7-10-18(15)24-19/h11-13,17H,2-10H2,1H3,(H,21,22). The number of aryl methyl sites for hydroxylation is 2. The lowest BCUT2D eigenvalue weighted by atomic mass is 9.96. The van der Waals surface area contributed by atoms with E-state index in [0.717, 1.165) is 32.1 Å². The molecule has 0 saturated carbocycles. The molecule has 1 aromatic heterocycles. The molecule has 1 heterocycles. The van der Waals surface area contributed by atoms with Crippen LogP contribution in [0.25, 0.3) is 10.1 Å². The number of ether oxygens (including phenoxy) is 1. The largest absolute Gasteiger partial charge is 0.479 e. The second-order valence-electron chi connectivity index (χ2n) is 6.66. The second kappa shape index (κ2) is 8.02. The van der Waals surface area contributed by atoms with E-state index in [4.69, 9.17) is 4.74 Å². The van der Waals surface area contributed by atoms with Gasteiger partial charge in [0, 0.05) is 9.58 Å². The summed E-state index contributed by atoms with van der Waals surface area (Å²) in [4.78, 5) is 13.0. The molecule has 0 radical (unpaired) electrons. The number of carbonyl (C=O) groups is 1. The fourth-order valence-corrected chi connectivity index (χ4v) is 4.74. The summed E-state index contributed by atoms with van der Waals surface area (Å²) in [5.74, 6) is -0.171. The molecule has 24 heavy (non-hydrogen) atoms. The third kappa shape index (κ3) is 3.92. The topological polar surface area (TPSA) is 46.5 Å². The molecule has 1 aliphatic rings. The van der Waals surface area contributed by atoms with Gasteiger partial charge in [0.2, 0.25) is 0 Å². The zero-order chi connectivity index (χ0) is 16.9. The molecule has 0 saturated heterocycles. The Morgan fingerprint density at radius 1 is 1.25 bits per heavy atom. The third-order valence-corrected chi connectivity index (χ3v) is 6.07. The molecule has 1 aliphatic carbocycles. The van der Waals surface area contributed by atoms with Crippen molar-refractivity contribution in [2.24, 2.45) is 0 Å². The smallest absolute Gasteiger partial charge is 0.344 e. The highest BCUT2D eigenvalue weighted by atomic mass is 32.1. The van der Waals surface area contributed by atoms with Crippen LogP contribution in [0.3, 0.4) is 0 Å². The van der Waals surface area contributed by atoms with E-state index in [1.807, 2.05) is 17.4 Å². The van der Waals surface area contributed by atoms with Crippen LogP contribution in [0.4, 0.5) is 0 Å². The van der Waals surface area contributed by atoms with Gasteiger partial charge in [0.15, 0.2) is 6.10 Å². The van der Waals surface area contributed by atoms with Crippen molar-refractivity contribution in [3.63, 3.8) is 0 Å². The Kier molecular flexibility index (Phi) is 5.77. The van der Waals surface area contributed by atoms with Crippen molar-refractivity contribution >= 4 is 27.4 Å².